The van der Waals surface area contributed by atoms with Crippen molar-refractivity contribution >= 4 is 34.8 Å². The number of rotatable bonds is 4. The van der Waals surface area contributed by atoms with E-state index in [0.29, 0.717) is 27.4 Å². The Kier molecular flexibility index (Phi) is 4.86. The third-order valence-electron chi connectivity index (χ3n) is 1.76. The highest BCUT2D eigenvalue weighted by Gasteiger charge is 2.09. The van der Waals surface area contributed by atoms with E-state index in [0.717, 1.165) is 12.8 Å². The predicted molar refractivity (Wildman–Crippen MR) is 61.9 cm³/mol. The second-order valence-electron chi connectivity index (χ2n) is 2.88. The maximum Gasteiger partial charge on any atom is 0.139 e. The molecule has 0 saturated carbocycles. The third kappa shape index (κ3) is 2.94. The molecule has 0 saturated heterocycles. The molecule has 0 bridgehead atoms. The largest absolute Gasteiger partial charge is 0.492 e. The van der Waals surface area contributed by atoms with Gasteiger partial charge in [-0.05, 0) is 18.6 Å². The molecular weight excluding hydrogens is 242 g/mol. The van der Waals surface area contributed by atoms with Gasteiger partial charge in [-0.3, -0.25) is 0 Å². The topological polar surface area (TPSA) is 9.23 Å². The summed E-state index contributed by atoms with van der Waals surface area (Å²) >= 11 is 17.6. The summed E-state index contributed by atoms with van der Waals surface area (Å²) in [6.07, 6.45) is 2.08. The molecule has 0 aliphatic rings. The minimum absolute atomic E-state index is 0.349. The van der Waals surface area contributed by atoms with Crippen LogP contribution < -0.4 is 4.74 Å². The quantitative estimate of drug-likeness (QED) is 0.552. The summed E-state index contributed by atoms with van der Waals surface area (Å²) in [5, 5.41) is 1.18. The van der Waals surface area contributed by atoms with Crippen LogP contribution in [0.5, 0.6) is 5.75 Å². The Bertz CT molecular complexity index is 312. The third-order valence-corrected chi connectivity index (χ3v) is 3.03. The first kappa shape index (κ1) is 12.0. The zero-order valence-corrected chi connectivity index (χ0v) is 10.1. The number of benzene rings is 1. The molecule has 0 unspecified atom stereocenters. The molecule has 1 nitrogen and oxygen atoms in total. The molecule has 0 atom stereocenters. The van der Waals surface area contributed by atoms with Gasteiger partial charge in [-0.25, -0.2) is 0 Å². The summed E-state index contributed by atoms with van der Waals surface area (Å²) in [7, 11) is 0. The van der Waals surface area contributed by atoms with Gasteiger partial charge in [0.2, 0.25) is 0 Å². The van der Waals surface area contributed by atoms with E-state index in [4.69, 9.17) is 39.5 Å². The van der Waals surface area contributed by atoms with Gasteiger partial charge in [0.25, 0.3) is 0 Å². The van der Waals surface area contributed by atoms with Crippen LogP contribution >= 0.6 is 34.8 Å². The van der Waals surface area contributed by atoms with Crippen molar-refractivity contribution in [2.24, 2.45) is 0 Å². The van der Waals surface area contributed by atoms with Gasteiger partial charge in [-0.2, -0.15) is 0 Å². The average molecular weight is 254 g/mol. The van der Waals surface area contributed by atoms with Crippen LogP contribution in [0.2, 0.25) is 15.1 Å². The molecule has 1 rings (SSSR count). The lowest BCUT2D eigenvalue weighted by Crippen LogP contribution is -1.97. The van der Waals surface area contributed by atoms with Crippen molar-refractivity contribution < 1.29 is 4.74 Å². The number of hydrogen-bond donors (Lipinski definition) is 0. The fourth-order valence-corrected chi connectivity index (χ4v) is 1.53. The summed E-state index contributed by atoms with van der Waals surface area (Å²) in [5.74, 6) is 0.592. The van der Waals surface area contributed by atoms with E-state index >= 15 is 0 Å². The highest BCUT2D eigenvalue weighted by atomic mass is 35.5. The van der Waals surface area contributed by atoms with Crippen molar-refractivity contribution in [2.75, 3.05) is 6.61 Å². The molecule has 14 heavy (non-hydrogen) atoms. The summed E-state index contributed by atoms with van der Waals surface area (Å²) in [6, 6.07) is 3.41. The highest BCUT2D eigenvalue weighted by Crippen LogP contribution is 2.36. The molecule has 0 radical (unpaired) electrons. The van der Waals surface area contributed by atoms with Crippen LogP contribution in [0.1, 0.15) is 19.8 Å². The molecule has 0 aliphatic carbocycles. The minimum Gasteiger partial charge on any atom is -0.492 e. The number of halogens is 3. The van der Waals surface area contributed by atoms with Crippen molar-refractivity contribution in [3.63, 3.8) is 0 Å². The molecule has 1 aromatic rings. The lowest BCUT2D eigenvalue weighted by molar-refractivity contribution is 0.309. The maximum absolute atomic E-state index is 5.94. The van der Waals surface area contributed by atoms with Gasteiger partial charge in [0.05, 0.1) is 16.7 Å². The minimum atomic E-state index is 0.349. The molecular formula is C10H11Cl3O. The van der Waals surface area contributed by atoms with E-state index in [1.54, 1.807) is 12.1 Å². The van der Waals surface area contributed by atoms with Crippen LogP contribution in [0.4, 0.5) is 0 Å². The van der Waals surface area contributed by atoms with Crippen LogP contribution in [-0.4, -0.2) is 6.61 Å². The van der Waals surface area contributed by atoms with Crippen molar-refractivity contribution in [1.29, 1.82) is 0 Å². The molecule has 0 aromatic heterocycles. The Hall–Kier alpha value is -0.110. The lowest BCUT2D eigenvalue weighted by Gasteiger charge is -2.08. The van der Waals surface area contributed by atoms with Crippen molar-refractivity contribution in [3.8, 4) is 5.75 Å². The van der Waals surface area contributed by atoms with Gasteiger partial charge in [0.15, 0.2) is 0 Å². The molecule has 0 N–H and O–H groups in total. The van der Waals surface area contributed by atoms with E-state index in [1.807, 2.05) is 0 Å². The molecule has 0 fully saturated rings. The van der Waals surface area contributed by atoms with Crippen LogP contribution in [0.15, 0.2) is 12.1 Å². The molecule has 0 amide bonds. The van der Waals surface area contributed by atoms with Crippen LogP contribution in [0, 0.1) is 0 Å². The molecule has 0 spiro atoms. The second-order valence-corrected chi connectivity index (χ2v) is 4.04. The van der Waals surface area contributed by atoms with Gasteiger partial charge >= 0.3 is 0 Å². The Morgan fingerprint density at radius 3 is 2.50 bits per heavy atom. The van der Waals surface area contributed by atoms with E-state index < -0.39 is 0 Å². The van der Waals surface area contributed by atoms with E-state index in [-0.39, 0.29) is 0 Å². The molecule has 0 aliphatic heterocycles. The average Bonchev–Trinajstić information content (AvgIpc) is 2.18. The summed E-state index contributed by atoms with van der Waals surface area (Å²) < 4.78 is 5.44. The van der Waals surface area contributed by atoms with Crippen molar-refractivity contribution in [1.82, 2.24) is 0 Å². The van der Waals surface area contributed by atoms with Crippen LogP contribution in [0.3, 0.4) is 0 Å². The lowest BCUT2D eigenvalue weighted by atomic mass is 10.3. The SMILES string of the molecule is CCCCOc1ccc(Cl)c(Cl)c1Cl. The summed E-state index contributed by atoms with van der Waals surface area (Å²) in [4.78, 5) is 0. The van der Waals surface area contributed by atoms with Crippen LogP contribution in [0.25, 0.3) is 0 Å². The predicted octanol–water partition coefficient (Wildman–Crippen LogP) is 4.83. The fraction of sp³-hybridized carbons (Fsp3) is 0.400. The maximum atomic E-state index is 5.94. The second kappa shape index (κ2) is 5.69. The van der Waals surface area contributed by atoms with Gasteiger partial charge in [-0.15, -0.1) is 0 Å². The Labute approximate surface area is 98.9 Å². The van der Waals surface area contributed by atoms with Gasteiger partial charge < -0.3 is 4.74 Å². The highest BCUT2D eigenvalue weighted by molar-refractivity contribution is 6.48. The number of unbranched alkanes of at least 4 members (excludes halogenated alkanes) is 1. The first-order valence-corrected chi connectivity index (χ1v) is 5.56. The van der Waals surface area contributed by atoms with Gasteiger partial charge in [-0.1, -0.05) is 48.1 Å². The molecule has 4 heteroatoms. The Balaban J connectivity index is 2.73. The first-order chi connectivity index (χ1) is 6.66. The summed E-state index contributed by atoms with van der Waals surface area (Å²) in [5.41, 5.74) is 0. The van der Waals surface area contributed by atoms with Gasteiger partial charge in [0, 0.05) is 0 Å². The fourth-order valence-electron chi connectivity index (χ4n) is 0.946. The van der Waals surface area contributed by atoms with E-state index in [9.17, 15) is 0 Å². The van der Waals surface area contributed by atoms with E-state index in [1.165, 1.54) is 0 Å². The van der Waals surface area contributed by atoms with Crippen molar-refractivity contribution in [3.05, 3.63) is 27.2 Å². The normalized spacial score (nSPS) is 10.3. The smallest absolute Gasteiger partial charge is 0.139 e. The zero-order chi connectivity index (χ0) is 10.6. The van der Waals surface area contributed by atoms with Gasteiger partial charge in [0.1, 0.15) is 10.8 Å². The van der Waals surface area contributed by atoms with Crippen LogP contribution in [-0.2, 0) is 0 Å². The van der Waals surface area contributed by atoms with Crippen molar-refractivity contribution in [2.45, 2.75) is 19.8 Å². The zero-order valence-electron chi connectivity index (χ0n) is 7.82. The first-order valence-electron chi connectivity index (χ1n) is 4.43. The number of ether oxygens (including phenoxy) is 1. The standard InChI is InChI=1S/C10H11Cl3O/c1-2-3-6-14-8-5-4-7(11)9(12)10(8)13/h4-5H,2-3,6H2,1H3. The van der Waals surface area contributed by atoms with E-state index in [2.05, 4.69) is 6.92 Å². The monoisotopic (exact) mass is 252 g/mol. The number of hydrogen-bond acceptors (Lipinski definition) is 1. The molecule has 1 aromatic carbocycles. The molecule has 78 valence electrons. The Morgan fingerprint density at radius 1 is 1.14 bits per heavy atom. The Morgan fingerprint density at radius 2 is 1.86 bits per heavy atom. The molecule has 0 heterocycles. The summed E-state index contributed by atoms with van der Waals surface area (Å²) in [6.45, 7) is 2.74.